The summed E-state index contributed by atoms with van der Waals surface area (Å²) in [7, 11) is 1.62. The fourth-order valence-electron chi connectivity index (χ4n) is 2.27. The summed E-state index contributed by atoms with van der Waals surface area (Å²) in [6.07, 6.45) is 0. The molecule has 7 nitrogen and oxygen atoms in total. The third-order valence-electron chi connectivity index (χ3n) is 3.44. The van der Waals surface area contributed by atoms with E-state index in [9.17, 15) is 0 Å². The summed E-state index contributed by atoms with van der Waals surface area (Å²) >= 11 is 4.83. The van der Waals surface area contributed by atoms with Crippen LogP contribution in [-0.2, 0) is 6.54 Å². The van der Waals surface area contributed by atoms with Crippen LogP contribution < -0.4 is 15.9 Å². The predicted molar refractivity (Wildman–Crippen MR) is 97.0 cm³/mol. The van der Waals surface area contributed by atoms with Crippen LogP contribution in [0.2, 0.25) is 0 Å². The molecule has 0 saturated carbocycles. The normalized spacial score (nSPS) is 11.5. The molecule has 0 amide bonds. The Morgan fingerprint density at radius 2 is 2.00 bits per heavy atom. The lowest BCUT2D eigenvalue weighted by Crippen LogP contribution is -2.27. The Hall–Kier alpha value is -3.00. The number of hydrogen-bond acceptors (Lipinski definition) is 5. The molecule has 3 rings (SSSR count). The van der Waals surface area contributed by atoms with E-state index in [1.54, 1.807) is 11.8 Å². The molecule has 3 N–H and O–H groups in total. The summed E-state index contributed by atoms with van der Waals surface area (Å²) < 4.78 is 6.96. The van der Waals surface area contributed by atoms with E-state index in [0.717, 1.165) is 28.1 Å². The molecule has 24 heavy (non-hydrogen) atoms. The molecule has 8 heteroatoms. The van der Waals surface area contributed by atoms with Gasteiger partial charge in [0.15, 0.2) is 5.11 Å². The molecule has 1 aromatic heterocycles. The summed E-state index contributed by atoms with van der Waals surface area (Å²) in [6.45, 7) is 0.419. The van der Waals surface area contributed by atoms with Crippen molar-refractivity contribution in [3.63, 3.8) is 0 Å². The zero-order valence-corrected chi connectivity index (χ0v) is 13.8. The maximum atomic E-state index is 5.49. The van der Waals surface area contributed by atoms with E-state index < -0.39 is 0 Å². The molecule has 0 aliphatic rings. The van der Waals surface area contributed by atoms with Gasteiger partial charge in [-0.1, -0.05) is 17.3 Å². The quantitative estimate of drug-likeness (QED) is 0.417. The van der Waals surface area contributed by atoms with Gasteiger partial charge in [0, 0.05) is 0 Å². The number of hydrazone groups is 1. The maximum absolute atomic E-state index is 5.49. The molecule has 0 fully saturated rings. The highest BCUT2D eigenvalue weighted by atomic mass is 32.1. The van der Waals surface area contributed by atoms with Crippen LogP contribution in [0.25, 0.3) is 11.0 Å². The standard InChI is InChI=1S/C16H16N6OS/c1-23-12-8-6-11(7-9-12)14(18-20-16(17)24)10-22-15-5-3-2-4-13(15)19-21-22/h2-9H,10H2,1H3,(H3,17,20,24). The van der Waals surface area contributed by atoms with Gasteiger partial charge in [-0.25, -0.2) is 4.68 Å². The Kier molecular flexibility index (Phi) is 4.66. The molecule has 122 valence electrons. The highest BCUT2D eigenvalue weighted by Crippen LogP contribution is 2.15. The number of thiocarbonyl (C=S) groups is 1. The van der Waals surface area contributed by atoms with Gasteiger partial charge >= 0.3 is 0 Å². The lowest BCUT2D eigenvalue weighted by atomic mass is 10.1. The monoisotopic (exact) mass is 340 g/mol. The van der Waals surface area contributed by atoms with E-state index in [-0.39, 0.29) is 5.11 Å². The molecule has 2 aromatic carbocycles. The number of benzene rings is 2. The van der Waals surface area contributed by atoms with Gasteiger partial charge in [-0.2, -0.15) is 5.10 Å². The van der Waals surface area contributed by atoms with Crippen LogP contribution in [-0.4, -0.2) is 32.9 Å². The van der Waals surface area contributed by atoms with Crippen molar-refractivity contribution < 1.29 is 4.74 Å². The summed E-state index contributed by atoms with van der Waals surface area (Å²) in [5.41, 5.74) is 11.5. The number of nitrogens with one attached hydrogen (secondary N) is 1. The number of aromatic nitrogens is 3. The van der Waals surface area contributed by atoms with E-state index in [1.165, 1.54) is 0 Å². The van der Waals surface area contributed by atoms with Crippen molar-refractivity contribution in [1.82, 2.24) is 20.4 Å². The van der Waals surface area contributed by atoms with Crippen LogP contribution in [0, 0.1) is 0 Å². The van der Waals surface area contributed by atoms with E-state index >= 15 is 0 Å². The summed E-state index contributed by atoms with van der Waals surface area (Å²) in [6, 6.07) is 15.3. The highest BCUT2D eigenvalue weighted by molar-refractivity contribution is 7.80. The number of fused-ring (bicyclic) bond motifs is 1. The van der Waals surface area contributed by atoms with Crippen LogP contribution in [0.5, 0.6) is 5.75 Å². The smallest absolute Gasteiger partial charge is 0.184 e. The second-order valence-electron chi connectivity index (χ2n) is 5.00. The van der Waals surface area contributed by atoms with Crippen molar-refractivity contribution >= 4 is 34.1 Å². The minimum Gasteiger partial charge on any atom is -0.497 e. The van der Waals surface area contributed by atoms with Crippen molar-refractivity contribution in [3.8, 4) is 5.75 Å². The first-order valence-electron chi connectivity index (χ1n) is 7.22. The van der Waals surface area contributed by atoms with Crippen LogP contribution in [0.15, 0.2) is 53.6 Å². The number of rotatable bonds is 5. The lowest BCUT2D eigenvalue weighted by Gasteiger charge is -2.09. The molecular weight excluding hydrogens is 324 g/mol. The Labute approximate surface area is 144 Å². The number of hydrogen-bond donors (Lipinski definition) is 2. The van der Waals surface area contributed by atoms with Gasteiger partial charge in [0.2, 0.25) is 0 Å². The van der Waals surface area contributed by atoms with E-state index in [1.807, 2.05) is 48.5 Å². The Balaban J connectivity index is 1.95. The summed E-state index contributed by atoms with van der Waals surface area (Å²) in [5, 5.41) is 12.7. The first kappa shape index (κ1) is 15.9. The molecule has 1 heterocycles. The molecule has 0 aliphatic heterocycles. The third-order valence-corrected chi connectivity index (χ3v) is 3.54. The number of nitrogens with zero attached hydrogens (tertiary/aromatic N) is 4. The number of methoxy groups -OCH3 is 1. The molecule has 0 spiro atoms. The Morgan fingerprint density at radius 3 is 2.71 bits per heavy atom. The summed E-state index contributed by atoms with van der Waals surface area (Å²) in [4.78, 5) is 0. The van der Waals surface area contributed by atoms with Crippen molar-refractivity contribution in [2.75, 3.05) is 7.11 Å². The van der Waals surface area contributed by atoms with E-state index in [2.05, 4.69) is 20.8 Å². The van der Waals surface area contributed by atoms with Gasteiger partial charge in [-0.3, -0.25) is 5.43 Å². The van der Waals surface area contributed by atoms with Crippen LogP contribution in [0.3, 0.4) is 0 Å². The highest BCUT2D eigenvalue weighted by Gasteiger charge is 2.10. The van der Waals surface area contributed by atoms with E-state index in [0.29, 0.717) is 6.54 Å². The minimum absolute atomic E-state index is 0.101. The maximum Gasteiger partial charge on any atom is 0.184 e. The fourth-order valence-corrected chi connectivity index (χ4v) is 2.32. The van der Waals surface area contributed by atoms with Crippen molar-refractivity contribution in [2.24, 2.45) is 10.8 Å². The van der Waals surface area contributed by atoms with Gasteiger partial charge in [-0.15, -0.1) is 5.10 Å². The first-order chi connectivity index (χ1) is 11.7. The Morgan fingerprint density at radius 1 is 1.25 bits per heavy atom. The molecule has 0 aliphatic carbocycles. The first-order valence-corrected chi connectivity index (χ1v) is 7.63. The van der Waals surface area contributed by atoms with Crippen LogP contribution in [0.4, 0.5) is 0 Å². The zero-order valence-electron chi connectivity index (χ0n) is 13.0. The molecule has 0 atom stereocenters. The van der Waals surface area contributed by atoms with E-state index in [4.69, 9.17) is 22.7 Å². The largest absolute Gasteiger partial charge is 0.497 e. The molecule has 0 saturated heterocycles. The minimum atomic E-state index is 0.101. The van der Waals surface area contributed by atoms with Crippen molar-refractivity contribution in [3.05, 3.63) is 54.1 Å². The molecule has 0 radical (unpaired) electrons. The number of para-hydroxylation sites is 1. The molecule has 0 unspecified atom stereocenters. The Bertz CT molecular complexity index is 887. The van der Waals surface area contributed by atoms with Crippen molar-refractivity contribution in [2.45, 2.75) is 6.54 Å². The zero-order chi connectivity index (χ0) is 16.9. The fraction of sp³-hybridized carbons (Fsp3) is 0.125. The average Bonchev–Trinajstić information content (AvgIpc) is 3.01. The van der Waals surface area contributed by atoms with Gasteiger partial charge in [0.25, 0.3) is 0 Å². The summed E-state index contributed by atoms with van der Waals surface area (Å²) in [5.74, 6) is 0.770. The number of ether oxygens (including phenoxy) is 1. The lowest BCUT2D eigenvalue weighted by molar-refractivity contribution is 0.415. The third kappa shape index (κ3) is 3.49. The predicted octanol–water partition coefficient (Wildman–Crippen LogP) is 1.68. The molecule has 3 aromatic rings. The second-order valence-corrected chi connectivity index (χ2v) is 5.44. The average molecular weight is 340 g/mol. The van der Waals surface area contributed by atoms with Gasteiger partial charge in [0.1, 0.15) is 11.3 Å². The van der Waals surface area contributed by atoms with Crippen LogP contribution in [0.1, 0.15) is 5.56 Å². The van der Waals surface area contributed by atoms with Gasteiger partial charge in [0.05, 0.1) is 24.9 Å². The van der Waals surface area contributed by atoms with Crippen molar-refractivity contribution in [1.29, 1.82) is 0 Å². The van der Waals surface area contributed by atoms with Gasteiger partial charge in [-0.05, 0) is 54.2 Å². The van der Waals surface area contributed by atoms with Gasteiger partial charge < -0.3 is 10.5 Å². The molecular formula is C16H16N6OS. The second kappa shape index (κ2) is 7.05. The van der Waals surface area contributed by atoms with Crippen LogP contribution >= 0.6 is 12.2 Å². The SMILES string of the molecule is COc1ccc(C(Cn2nnc3ccccc32)=NNC(N)=S)cc1. The molecule has 0 bridgehead atoms. The topological polar surface area (TPSA) is 90.3 Å². The number of nitrogens with two attached hydrogens (primary N) is 1.